The zero-order valence-corrected chi connectivity index (χ0v) is 8.54. The molecule has 1 rings (SSSR count). The van der Waals surface area contributed by atoms with Crippen LogP contribution >= 0.6 is 0 Å². The molecule has 0 atom stereocenters. The highest BCUT2D eigenvalue weighted by Crippen LogP contribution is 2.29. The number of hydrogen-bond acceptors (Lipinski definition) is 4. The Morgan fingerprint density at radius 1 is 1.33 bits per heavy atom. The Morgan fingerprint density at radius 3 is 2.33 bits per heavy atom. The normalized spacial score (nSPS) is 9.87. The van der Waals surface area contributed by atoms with E-state index in [0.717, 1.165) is 6.07 Å². The van der Waals surface area contributed by atoms with Crippen molar-refractivity contribution in [2.24, 2.45) is 5.73 Å². The van der Waals surface area contributed by atoms with Crippen LogP contribution in [0.2, 0.25) is 0 Å². The lowest BCUT2D eigenvalue weighted by Crippen LogP contribution is -2.15. The van der Waals surface area contributed by atoms with Gasteiger partial charge in [0.05, 0.1) is 26.3 Å². The molecule has 0 amide bonds. The average molecular weight is 213 g/mol. The van der Waals surface area contributed by atoms with Crippen molar-refractivity contribution in [3.63, 3.8) is 0 Å². The minimum Gasteiger partial charge on any atom is -0.493 e. The van der Waals surface area contributed by atoms with Gasteiger partial charge in [0.25, 0.3) is 0 Å². The first kappa shape index (κ1) is 11.5. The third-order valence-corrected chi connectivity index (χ3v) is 1.96. The third kappa shape index (κ3) is 2.24. The van der Waals surface area contributed by atoms with Gasteiger partial charge in [0, 0.05) is 6.07 Å². The molecule has 0 spiro atoms. The van der Waals surface area contributed by atoms with Crippen LogP contribution in [0.1, 0.15) is 10.4 Å². The molecule has 1 aromatic rings. The van der Waals surface area contributed by atoms with Crippen molar-refractivity contribution in [1.29, 1.82) is 0 Å². The summed E-state index contributed by atoms with van der Waals surface area (Å²) in [6, 6.07) is 2.38. The summed E-state index contributed by atoms with van der Waals surface area (Å²) in [7, 11) is 2.80. The van der Waals surface area contributed by atoms with Crippen molar-refractivity contribution in [3.05, 3.63) is 23.5 Å². The number of ketones is 1. The van der Waals surface area contributed by atoms with Gasteiger partial charge in [0.2, 0.25) is 0 Å². The Balaban J connectivity index is 3.25. The van der Waals surface area contributed by atoms with E-state index in [-0.39, 0.29) is 17.9 Å². The second kappa shape index (κ2) is 4.75. The predicted molar refractivity (Wildman–Crippen MR) is 52.9 cm³/mol. The molecule has 0 aliphatic rings. The Bertz CT molecular complexity index is 379. The standard InChI is InChI=1S/C10H12FNO3/c1-14-9-3-6(8(13)5-12)7(11)4-10(9)15-2/h3-4H,5,12H2,1-2H3. The summed E-state index contributed by atoms with van der Waals surface area (Å²) in [5.74, 6) is -0.601. The number of Topliss-reactive ketones (excluding diaryl/α,β-unsaturated/α-hetero) is 1. The van der Waals surface area contributed by atoms with Crippen LogP contribution in [-0.2, 0) is 0 Å². The van der Waals surface area contributed by atoms with E-state index in [2.05, 4.69) is 0 Å². The maximum absolute atomic E-state index is 13.4. The van der Waals surface area contributed by atoms with E-state index in [4.69, 9.17) is 15.2 Å². The number of ether oxygens (including phenoxy) is 2. The zero-order chi connectivity index (χ0) is 11.4. The number of nitrogens with two attached hydrogens (primary N) is 1. The van der Waals surface area contributed by atoms with Gasteiger partial charge in [-0.3, -0.25) is 4.79 Å². The minimum absolute atomic E-state index is 0.0878. The Morgan fingerprint density at radius 2 is 1.87 bits per heavy atom. The van der Waals surface area contributed by atoms with E-state index in [1.165, 1.54) is 20.3 Å². The lowest BCUT2D eigenvalue weighted by Gasteiger charge is -2.09. The van der Waals surface area contributed by atoms with Gasteiger partial charge in [-0.15, -0.1) is 0 Å². The molecule has 5 heteroatoms. The highest BCUT2D eigenvalue weighted by Gasteiger charge is 2.15. The lowest BCUT2D eigenvalue weighted by molar-refractivity contribution is 0.0997. The van der Waals surface area contributed by atoms with E-state index < -0.39 is 11.6 Å². The molecule has 0 radical (unpaired) electrons. The predicted octanol–water partition coefficient (Wildman–Crippen LogP) is 0.984. The highest BCUT2D eigenvalue weighted by atomic mass is 19.1. The third-order valence-electron chi connectivity index (χ3n) is 1.96. The van der Waals surface area contributed by atoms with Crippen LogP contribution in [0.3, 0.4) is 0 Å². The summed E-state index contributed by atoms with van der Waals surface area (Å²) < 4.78 is 23.2. The van der Waals surface area contributed by atoms with E-state index in [1.54, 1.807) is 0 Å². The molecule has 0 aliphatic carbocycles. The van der Waals surface area contributed by atoms with Crippen LogP contribution in [0.25, 0.3) is 0 Å². The minimum atomic E-state index is -0.664. The molecule has 0 heterocycles. The van der Waals surface area contributed by atoms with E-state index in [0.29, 0.717) is 5.75 Å². The van der Waals surface area contributed by atoms with E-state index in [1.807, 2.05) is 0 Å². The van der Waals surface area contributed by atoms with E-state index in [9.17, 15) is 9.18 Å². The molecule has 1 aromatic carbocycles. The molecule has 0 saturated carbocycles. The van der Waals surface area contributed by atoms with Crippen molar-refractivity contribution in [2.45, 2.75) is 0 Å². The van der Waals surface area contributed by atoms with Crippen LogP contribution in [0.4, 0.5) is 4.39 Å². The molecular formula is C10H12FNO3. The molecular weight excluding hydrogens is 201 g/mol. The Labute approximate surface area is 86.8 Å². The van der Waals surface area contributed by atoms with Gasteiger partial charge in [-0.25, -0.2) is 4.39 Å². The fourth-order valence-corrected chi connectivity index (χ4v) is 1.18. The molecule has 82 valence electrons. The molecule has 0 unspecified atom stereocenters. The van der Waals surface area contributed by atoms with Crippen molar-refractivity contribution in [2.75, 3.05) is 20.8 Å². The van der Waals surface area contributed by atoms with Gasteiger partial charge in [-0.1, -0.05) is 0 Å². The summed E-state index contributed by atoms with van der Waals surface area (Å²) in [5.41, 5.74) is 5.06. The first-order valence-corrected chi connectivity index (χ1v) is 4.28. The van der Waals surface area contributed by atoms with Gasteiger partial charge in [-0.05, 0) is 6.07 Å². The monoisotopic (exact) mass is 213 g/mol. The molecule has 0 bridgehead atoms. The number of carbonyl (C=O) groups excluding carboxylic acids is 1. The first-order valence-electron chi connectivity index (χ1n) is 4.28. The summed E-state index contributed by atoms with van der Waals surface area (Å²) in [5, 5.41) is 0. The average Bonchev–Trinajstić information content (AvgIpc) is 2.27. The number of carbonyl (C=O) groups is 1. The SMILES string of the molecule is COc1cc(F)c(C(=O)CN)cc1OC. The Hall–Kier alpha value is -1.62. The molecule has 0 fully saturated rings. The van der Waals surface area contributed by atoms with Gasteiger partial charge >= 0.3 is 0 Å². The van der Waals surface area contributed by atoms with Crippen LogP contribution in [0.15, 0.2) is 12.1 Å². The number of hydrogen-bond donors (Lipinski definition) is 1. The van der Waals surface area contributed by atoms with Crippen molar-refractivity contribution in [3.8, 4) is 11.5 Å². The summed E-state index contributed by atoms with van der Waals surface area (Å²) >= 11 is 0. The van der Waals surface area contributed by atoms with Crippen molar-refractivity contribution in [1.82, 2.24) is 0 Å². The molecule has 15 heavy (non-hydrogen) atoms. The summed E-state index contributed by atoms with van der Waals surface area (Å²) in [6.07, 6.45) is 0. The molecule has 4 nitrogen and oxygen atoms in total. The van der Waals surface area contributed by atoms with Gasteiger partial charge in [0.15, 0.2) is 17.3 Å². The van der Waals surface area contributed by atoms with E-state index >= 15 is 0 Å². The quantitative estimate of drug-likeness (QED) is 0.757. The largest absolute Gasteiger partial charge is 0.493 e. The molecule has 0 aliphatic heterocycles. The number of methoxy groups -OCH3 is 2. The smallest absolute Gasteiger partial charge is 0.179 e. The van der Waals surface area contributed by atoms with Crippen LogP contribution in [-0.4, -0.2) is 26.5 Å². The molecule has 0 saturated heterocycles. The second-order valence-electron chi connectivity index (χ2n) is 2.81. The van der Waals surface area contributed by atoms with Gasteiger partial charge < -0.3 is 15.2 Å². The topological polar surface area (TPSA) is 61.5 Å². The first-order chi connectivity index (χ1) is 7.13. The zero-order valence-electron chi connectivity index (χ0n) is 8.54. The summed E-state index contributed by atoms with van der Waals surface area (Å²) in [4.78, 5) is 11.2. The second-order valence-corrected chi connectivity index (χ2v) is 2.81. The van der Waals surface area contributed by atoms with Gasteiger partial charge in [-0.2, -0.15) is 0 Å². The maximum Gasteiger partial charge on any atom is 0.179 e. The molecule has 0 aromatic heterocycles. The highest BCUT2D eigenvalue weighted by molar-refractivity contribution is 5.98. The van der Waals surface area contributed by atoms with Gasteiger partial charge in [0.1, 0.15) is 5.82 Å². The van der Waals surface area contributed by atoms with Crippen molar-refractivity contribution >= 4 is 5.78 Å². The Kier molecular flexibility index (Phi) is 3.62. The number of benzene rings is 1. The fourth-order valence-electron chi connectivity index (χ4n) is 1.18. The summed E-state index contributed by atoms with van der Waals surface area (Å²) in [6.45, 7) is -0.244. The maximum atomic E-state index is 13.4. The number of rotatable bonds is 4. The van der Waals surface area contributed by atoms with Crippen LogP contribution < -0.4 is 15.2 Å². The fraction of sp³-hybridized carbons (Fsp3) is 0.300. The number of halogens is 1. The van der Waals surface area contributed by atoms with Crippen LogP contribution in [0, 0.1) is 5.82 Å². The molecule has 2 N–H and O–H groups in total. The lowest BCUT2D eigenvalue weighted by atomic mass is 10.1. The van der Waals surface area contributed by atoms with Crippen LogP contribution in [0.5, 0.6) is 11.5 Å². The van der Waals surface area contributed by atoms with Crippen molar-refractivity contribution < 1.29 is 18.7 Å².